The number of benzene rings is 3. The van der Waals surface area contributed by atoms with Gasteiger partial charge >= 0.3 is 0 Å². The van der Waals surface area contributed by atoms with E-state index in [0.29, 0.717) is 13.2 Å². The Kier molecular flexibility index (Phi) is 7.57. The first kappa shape index (κ1) is 22.1. The second-order valence-corrected chi connectivity index (χ2v) is 8.65. The molecule has 0 unspecified atom stereocenters. The second kappa shape index (κ2) is 11.0. The molecule has 1 fully saturated rings. The van der Waals surface area contributed by atoms with Gasteiger partial charge in [0.2, 0.25) is 5.91 Å². The van der Waals surface area contributed by atoms with Crippen molar-refractivity contribution in [2.75, 3.05) is 20.1 Å². The zero-order chi connectivity index (χ0) is 22.2. The number of amides is 1. The summed E-state index contributed by atoms with van der Waals surface area (Å²) >= 11 is 0. The van der Waals surface area contributed by atoms with Gasteiger partial charge in [0, 0.05) is 26.1 Å². The highest BCUT2D eigenvalue weighted by Crippen LogP contribution is 2.23. The molecule has 0 N–H and O–H groups in total. The summed E-state index contributed by atoms with van der Waals surface area (Å²) in [5, 5.41) is 0. The highest BCUT2D eigenvalue weighted by atomic mass is 16.5. The Morgan fingerprint density at radius 1 is 0.875 bits per heavy atom. The molecule has 1 amide bonds. The summed E-state index contributed by atoms with van der Waals surface area (Å²) in [7, 11) is 1.92. The van der Waals surface area contributed by atoms with Crippen LogP contribution in [-0.4, -0.2) is 35.8 Å². The molecule has 0 saturated carbocycles. The molecule has 0 spiro atoms. The van der Waals surface area contributed by atoms with Crippen LogP contribution in [0.3, 0.4) is 0 Å². The number of rotatable bonds is 8. The van der Waals surface area contributed by atoms with Gasteiger partial charge in [0.25, 0.3) is 0 Å². The fourth-order valence-electron chi connectivity index (χ4n) is 4.32. The van der Waals surface area contributed by atoms with E-state index in [0.717, 1.165) is 38.2 Å². The lowest BCUT2D eigenvalue weighted by molar-refractivity contribution is -0.136. The fourth-order valence-corrected chi connectivity index (χ4v) is 4.32. The monoisotopic (exact) mass is 428 g/mol. The molecule has 1 aliphatic rings. The molecule has 0 aromatic heterocycles. The number of piperidine rings is 1. The molecule has 4 heteroatoms. The van der Waals surface area contributed by atoms with Gasteiger partial charge < -0.3 is 9.64 Å². The van der Waals surface area contributed by atoms with Crippen molar-refractivity contribution in [3.05, 3.63) is 102 Å². The molecular weight excluding hydrogens is 396 g/mol. The molecule has 166 valence electrons. The van der Waals surface area contributed by atoms with Crippen LogP contribution in [0.25, 0.3) is 0 Å². The summed E-state index contributed by atoms with van der Waals surface area (Å²) in [4.78, 5) is 17.2. The van der Waals surface area contributed by atoms with E-state index in [-0.39, 0.29) is 11.8 Å². The van der Waals surface area contributed by atoms with Crippen LogP contribution >= 0.6 is 0 Å². The van der Waals surface area contributed by atoms with Crippen molar-refractivity contribution >= 4 is 5.91 Å². The van der Waals surface area contributed by atoms with Crippen molar-refractivity contribution in [2.24, 2.45) is 5.92 Å². The van der Waals surface area contributed by atoms with E-state index >= 15 is 0 Å². The lowest BCUT2D eigenvalue weighted by Gasteiger charge is -2.33. The van der Waals surface area contributed by atoms with Gasteiger partial charge in [-0.15, -0.1) is 0 Å². The van der Waals surface area contributed by atoms with Gasteiger partial charge in [-0.05, 0) is 54.8 Å². The van der Waals surface area contributed by atoms with E-state index in [9.17, 15) is 4.79 Å². The topological polar surface area (TPSA) is 32.8 Å². The molecule has 0 bridgehead atoms. The smallest absolute Gasteiger partial charge is 0.225 e. The van der Waals surface area contributed by atoms with Crippen LogP contribution < -0.4 is 4.74 Å². The van der Waals surface area contributed by atoms with E-state index in [1.165, 1.54) is 16.7 Å². The van der Waals surface area contributed by atoms with E-state index in [1.807, 2.05) is 54.4 Å². The quantitative estimate of drug-likeness (QED) is 0.498. The summed E-state index contributed by atoms with van der Waals surface area (Å²) in [6.45, 7) is 4.04. The average molecular weight is 429 g/mol. The summed E-state index contributed by atoms with van der Waals surface area (Å²) in [6, 6.07) is 28.8. The Hall–Kier alpha value is -3.11. The summed E-state index contributed by atoms with van der Waals surface area (Å²) in [5.74, 6) is 1.30. The number of likely N-dealkylation sites (tertiary alicyclic amines) is 1. The van der Waals surface area contributed by atoms with Crippen LogP contribution in [-0.2, 0) is 24.5 Å². The van der Waals surface area contributed by atoms with Crippen molar-refractivity contribution in [2.45, 2.75) is 32.5 Å². The molecule has 4 rings (SSSR count). The third kappa shape index (κ3) is 6.21. The molecule has 0 radical (unpaired) electrons. The third-order valence-electron chi connectivity index (χ3n) is 6.13. The Labute approximate surface area is 191 Å². The van der Waals surface area contributed by atoms with Gasteiger partial charge in [-0.25, -0.2) is 0 Å². The van der Waals surface area contributed by atoms with E-state index < -0.39 is 0 Å². The maximum absolute atomic E-state index is 12.9. The largest absolute Gasteiger partial charge is 0.489 e. The molecule has 1 aliphatic heterocycles. The SMILES string of the molecule is CN(Cc1ccccc1)C(=O)C1CCN(Cc2cccc(OCc3ccccc3)c2)CC1. The minimum atomic E-state index is 0.125. The van der Waals surface area contributed by atoms with E-state index in [1.54, 1.807) is 0 Å². The summed E-state index contributed by atoms with van der Waals surface area (Å²) < 4.78 is 5.98. The van der Waals surface area contributed by atoms with Gasteiger partial charge in [0.05, 0.1) is 0 Å². The molecule has 32 heavy (non-hydrogen) atoms. The molecule has 3 aromatic carbocycles. The third-order valence-corrected chi connectivity index (χ3v) is 6.13. The van der Waals surface area contributed by atoms with E-state index in [4.69, 9.17) is 4.74 Å². The fraction of sp³-hybridized carbons (Fsp3) is 0.321. The number of hydrogen-bond acceptors (Lipinski definition) is 3. The normalized spacial score (nSPS) is 14.8. The first-order valence-corrected chi connectivity index (χ1v) is 11.4. The minimum absolute atomic E-state index is 0.125. The number of carbonyl (C=O) groups excluding carboxylic acids is 1. The molecule has 1 heterocycles. The first-order chi connectivity index (χ1) is 15.7. The lowest BCUT2D eigenvalue weighted by Crippen LogP contribution is -2.40. The predicted molar refractivity (Wildman–Crippen MR) is 128 cm³/mol. The van der Waals surface area contributed by atoms with Gasteiger partial charge in [-0.3, -0.25) is 9.69 Å². The zero-order valence-corrected chi connectivity index (χ0v) is 18.8. The molecular formula is C28H32N2O2. The van der Waals surface area contributed by atoms with E-state index in [2.05, 4.69) is 47.4 Å². The number of hydrogen-bond donors (Lipinski definition) is 0. The minimum Gasteiger partial charge on any atom is -0.489 e. The van der Waals surface area contributed by atoms with Crippen LogP contribution in [0, 0.1) is 5.92 Å². The van der Waals surface area contributed by atoms with Crippen molar-refractivity contribution in [1.29, 1.82) is 0 Å². The number of ether oxygens (including phenoxy) is 1. The summed E-state index contributed by atoms with van der Waals surface area (Å²) in [6.07, 6.45) is 1.84. The predicted octanol–water partition coefficient (Wildman–Crippen LogP) is 5.14. The van der Waals surface area contributed by atoms with Gasteiger partial charge in [-0.2, -0.15) is 0 Å². The van der Waals surface area contributed by atoms with Crippen molar-refractivity contribution in [1.82, 2.24) is 9.80 Å². The standard InChI is InChI=1S/C28H32N2O2/c1-29(20-23-9-4-2-5-10-23)28(31)26-15-17-30(18-16-26)21-25-13-8-14-27(19-25)32-22-24-11-6-3-7-12-24/h2-14,19,26H,15-18,20-22H2,1H3. The molecule has 0 atom stereocenters. The first-order valence-electron chi connectivity index (χ1n) is 11.4. The molecule has 4 nitrogen and oxygen atoms in total. The van der Waals surface area contributed by atoms with Gasteiger partial charge in [0.1, 0.15) is 12.4 Å². The van der Waals surface area contributed by atoms with Crippen LogP contribution in [0.1, 0.15) is 29.5 Å². The number of carbonyl (C=O) groups is 1. The van der Waals surface area contributed by atoms with Crippen LogP contribution in [0.2, 0.25) is 0 Å². The van der Waals surface area contributed by atoms with Crippen molar-refractivity contribution in [3.63, 3.8) is 0 Å². The highest BCUT2D eigenvalue weighted by Gasteiger charge is 2.27. The second-order valence-electron chi connectivity index (χ2n) is 8.65. The average Bonchev–Trinajstić information content (AvgIpc) is 2.84. The van der Waals surface area contributed by atoms with Crippen LogP contribution in [0.5, 0.6) is 5.75 Å². The number of nitrogens with zero attached hydrogens (tertiary/aromatic N) is 2. The summed E-state index contributed by atoms with van der Waals surface area (Å²) in [5.41, 5.74) is 3.60. The Morgan fingerprint density at radius 3 is 2.19 bits per heavy atom. The van der Waals surface area contributed by atoms with Crippen LogP contribution in [0.4, 0.5) is 0 Å². The Bertz CT molecular complexity index is 983. The maximum Gasteiger partial charge on any atom is 0.225 e. The maximum atomic E-state index is 12.9. The van der Waals surface area contributed by atoms with Gasteiger partial charge in [0.15, 0.2) is 0 Å². The van der Waals surface area contributed by atoms with Crippen LogP contribution in [0.15, 0.2) is 84.9 Å². The highest BCUT2D eigenvalue weighted by molar-refractivity contribution is 5.78. The Balaban J connectivity index is 1.24. The molecule has 0 aliphatic carbocycles. The zero-order valence-electron chi connectivity index (χ0n) is 18.8. The Morgan fingerprint density at radius 2 is 1.50 bits per heavy atom. The van der Waals surface area contributed by atoms with Gasteiger partial charge in [-0.1, -0.05) is 72.8 Å². The molecule has 3 aromatic rings. The molecule has 1 saturated heterocycles. The lowest BCUT2D eigenvalue weighted by atomic mass is 9.95. The van der Waals surface area contributed by atoms with Crippen molar-refractivity contribution in [3.8, 4) is 5.75 Å². The van der Waals surface area contributed by atoms with Crippen molar-refractivity contribution < 1.29 is 9.53 Å².